The summed E-state index contributed by atoms with van der Waals surface area (Å²) in [6.07, 6.45) is 2.45. The molecule has 31 heavy (non-hydrogen) atoms. The summed E-state index contributed by atoms with van der Waals surface area (Å²) < 4.78 is 7.45. The van der Waals surface area contributed by atoms with Crippen molar-refractivity contribution in [3.05, 3.63) is 83.1 Å². The van der Waals surface area contributed by atoms with Gasteiger partial charge in [0.15, 0.2) is 11.5 Å². The Morgan fingerprint density at radius 3 is 2.39 bits per heavy atom. The van der Waals surface area contributed by atoms with Crippen LogP contribution in [0.1, 0.15) is 37.9 Å². The largest absolute Gasteiger partial charge is 0.459 e. The van der Waals surface area contributed by atoms with Crippen molar-refractivity contribution in [2.45, 2.75) is 26.8 Å². The van der Waals surface area contributed by atoms with Gasteiger partial charge in [-0.05, 0) is 44.0 Å². The Morgan fingerprint density at radius 2 is 1.71 bits per heavy atom. The number of ketones is 1. The van der Waals surface area contributed by atoms with E-state index < -0.39 is 0 Å². The summed E-state index contributed by atoms with van der Waals surface area (Å²) in [5, 5.41) is 0. The number of aryl methyl sites for hydroxylation is 2. The number of hydrogen-bond donors (Lipinski definition) is 0. The Balaban J connectivity index is 1.33. The fourth-order valence-corrected chi connectivity index (χ4v) is 4.27. The molecule has 0 saturated carbocycles. The third kappa shape index (κ3) is 4.80. The SMILES string of the molecule is Cc1cc(C(=O)CN2CCN(C(=O)c3ccco3)CC2)c(C)n1CCc1ccccc1. The Hall–Kier alpha value is -3.12. The molecule has 3 heterocycles. The number of carbonyl (C=O) groups excluding carboxylic acids is 2. The average Bonchev–Trinajstić information content (AvgIpc) is 3.42. The molecule has 0 N–H and O–H groups in total. The first kappa shape index (κ1) is 21.1. The van der Waals surface area contributed by atoms with Crippen LogP contribution in [0.2, 0.25) is 0 Å². The molecule has 0 aliphatic carbocycles. The van der Waals surface area contributed by atoms with Crippen LogP contribution in [0.15, 0.2) is 59.2 Å². The maximum absolute atomic E-state index is 13.0. The number of furan rings is 1. The average molecular weight is 420 g/mol. The fraction of sp³-hybridized carbons (Fsp3) is 0.360. The first-order valence-electron chi connectivity index (χ1n) is 10.8. The standard InChI is InChI=1S/C25H29N3O3/c1-19-17-22(20(2)28(19)11-10-21-7-4-3-5-8-21)23(29)18-26-12-14-27(15-13-26)25(30)24-9-6-16-31-24/h3-9,16-17H,10-15,18H2,1-2H3. The van der Waals surface area contributed by atoms with Gasteiger partial charge in [-0.3, -0.25) is 14.5 Å². The zero-order valence-corrected chi connectivity index (χ0v) is 18.2. The number of benzene rings is 1. The summed E-state index contributed by atoms with van der Waals surface area (Å²) in [7, 11) is 0. The van der Waals surface area contributed by atoms with E-state index in [1.165, 1.54) is 11.8 Å². The fourth-order valence-electron chi connectivity index (χ4n) is 4.27. The number of hydrogen-bond acceptors (Lipinski definition) is 4. The number of aromatic nitrogens is 1. The van der Waals surface area contributed by atoms with Crippen LogP contribution in [0.25, 0.3) is 0 Å². The van der Waals surface area contributed by atoms with E-state index in [9.17, 15) is 9.59 Å². The molecule has 3 aromatic rings. The van der Waals surface area contributed by atoms with Crippen LogP contribution in [0.4, 0.5) is 0 Å². The Labute approximate surface area is 183 Å². The van der Waals surface area contributed by atoms with Crippen molar-refractivity contribution < 1.29 is 14.0 Å². The van der Waals surface area contributed by atoms with E-state index in [4.69, 9.17) is 4.42 Å². The lowest BCUT2D eigenvalue weighted by Gasteiger charge is -2.33. The number of Topliss-reactive ketones (excluding diaryl/α,β-unsaturated/α-hetero) is 1. The molecule has 0 radical (unpaired) electrons. The molecule has 162 valence electrons. The van der Waals surface area contributed by atoms with Gasteiger partial charge in [0.1, 0.15) is 0 Å². The maximum Gasteiger partial charge on any atom is 0.289 e. The first-order chi connectivity index (χ1) is 15.0. The van der Waals surface area contributed by atoms with Crippen molar-refractivity contribution >= 4 is 11.7 Å². The molecule has 6 nitrogen and oxygen atoms in total. The van der Waals surface area contributed by atoms with Gasteiger partial charge in [0.05, 0.1) is 12.8 Å². The van der Waals surface area contributed by atoms with E-state index in [1.54, 1.807) is 17.0 Å². The van der Waals surface area contributed by atoms with Crippen LogP contribution in [0, 0.1) is 13.8 Å². The zero-order valence-electron chi connectivity index (χ0n) is 18.2. The molecule has 1 saturated heterocycles. The van der Waals surface area contributed by atoms with Gasteiger partial charge in [0, 0.05) is 49.7 Å². The Morgan fingerprint density at radius 1 is 0.968 bits per heavy atom. The predicted octanol–water partition coefficient (Wildman–Crippen LogP) is 3.58. The third-order valence-electron chi connectivity index (χ3n) is 6.10. The lowest BCUT2D eigenvalue weighted by molar-refractivity contribution is 0.0596. The molecule has 1 fully saturated rings. The smallest absolute Gasteiger partial charge is 0.289 e. The van der Waals surface area contributed by atoms with E-state index >= 15 is 0 Å². The molecule has 2 aromatic heterocycles. The van der Waals surface area contributed by atoms with Crippen LogP contribution >= 0.6 is 0 Å². The predicted molar refractivity (Wildman–Crippen MR) is 119 cm³/mol. The summed E-state index contributed by atoms with van der Waals surface area (Å²) >= 11 is 0. The number of nitrogens with zero attached hydrogens (tertiary/aromatic N) is 3. The number of rotatable bonds is 7. The van der Waals surface area contributed by atoms with Crippen LogP contribution in [-0.2, 0) is 13.0 Å². The van der Waals surface area contributed by atoms with Crippen molar-refractivity contribution in [2.75, 3.05) is 32.7 Å². The quantitative estimate of drug-likeness (QED) is 0.549. The normalized spacial score (nSPS) is 14.7. The monoisotopic (exact) mass is 419 g/mol. The lowest BCUT2D eigenvalue weighted by atomic mass is 10.1. The number of piperazine rings is 1. The zero-order chi connectivity index (χ0) is 21.8. The van der Waals surface area contributed by atoms with Crippen molar-refractivity contribution in [3.8, 4) is 0 Å². The second-order valence-corrected chi connectivity index (χ2v) is 8.14. The van der Waals surface area contributed by atoms with E-state index in [0.29, 0.717) is 38.5 Å². The summed E-state index contributed by atoms with van der Waals surface area (Å²) in [5.41, 5.74) is 4.25. The minimum Gasteiger partial charge on any atom is -0.459 e. The van der Waals surface area contributed by atoms with Crippen LogP contribution in [0.5, 0.6) is 0 Å². The van der Waals surface area contributed by atoms with Gasteiger partial charge in [0.2, 0.25) is 0 Å². The van der Waals surface area contributed by atoms with Gasteiger partial charge < -0.3 is 13.9 Å². The highest BCUT2D eigenvalue weighted by molar-refractivity contribution is 5.99. The van der Waals surface area contributed by atoms with Crippen molar-refractivity contribution in [2.24, 2.45) is 0 Å². The molecule has 1 aliphatic heterocycles. The molecular formula is C25H29N3O3. The first-order valence-corrected chi connectivity index (χ1v) is 10.8. The van der Waals surface area contributed by atoms with Gasteiger partial charge in [-0.2, -0.15) is 0 Å². The second kappa shape index (κ2) is 9.35. The lowest BCUT2D eigenvalue weighted by Crippen LogP contribution is -2.49. The molecule has 0 bridgehead atoms. The third-order valence-corrected chi connectivity index (χ3v) is 6.10. The highest BCUT2D eigenvalue weighted by Crippen LogP contribution is 2.18. The van der Waals surface area contributed by atoms with E-state index in [-0.39, 0.29) is 11.7 Å². The van der Waals surface area contributed by atoms with E-state index in [2.05, 4.69) is 40.7 Å². The van der Waals surface area contributed by atoms with Crippen LogP contribution in [0.3, 0.4) is 0 Å². The van der Waals surface area contributed by atoms with E-state index in [1.807, 2.05) is 19.1 Å². The molecule has 0 unspecified atom stereocenters. The molecule has 1 aliphatic rings. The molecule has 4 rings (SSSR count). The number of carbonyl (C=O) groups is 2. The minimum atomic E-state index is -0.0852. The molecular weight excluding hydrogens is 390 g/mol. The summed E-state index contributed by atoms with van der Waals surface area (Å²) in [6, 6.07) is 15.8. The van der Waals surface area contributed by atoms with Crippen LogP contribution < -0.4 is 0 Å². The number of amides is 1. The van der Waals surface area contributed by atoms with Crippen molar-refractivity contribution in [3.63, 3.8) is 0 Å². The Bertz CT molecular complexity index is 1030. The Kier molecular flexibility index (Phi) is 6.37. The summed E-state index contributed by atoms with van der Waals surface area (Å²) in [4.78, 5) is 29.3. The highest BCUT2D eigenvalue weighted by atomic mass is 16.3. The van der Waals surface area contributed by atoms with Crippen molar-refractivity contribution in [1.29, 1.82) is 0 Å². The maximum atomic E-state index is 13.0. The topological polar surface area (TPSA) is 58.7 Å². The van der Waals surface area contributed by atoms with Gasteiger partial charge in [-0.1, -0.05) is 30.3 Å². The molecule has 0 atom stereocenters. The van der Waals surface area contributed by atoms with Gasteiger partial charge in [-0.25, -0.2) is 0 Å². The van der Waals surface area contributed by atoms with Crippen molar-refractivity contribution in [1.82, 2.24) is 14.4 Å². The minimum absolute atomic E-state index is 0.0852. The molecule has 1 aromatic carbocycles. The van der Waals surface area contributed by atoms with Gasteiger partial charge in [0.25, 0.3) is 5.91 Å². The summed E-state index contributed by atoms with van der Waals surface area (Å²) in [5.74, 6) is 0.426. The molecule has 0 spiro atoms. The van der Waals surface area contributed by atoms with Gasteiger partial charge in [-0.15, -0.1) is 0 Å². The van der Waals surface area contributed by atoms with Crippen LogP contribution in [-0.4, -0.2) is 58.8 Å². The summed E-state index contributed by atoms with van der Waals surface area (Å²) in [6.45, 7) is 7.91. The van der Waals surface area contributed by atoms with E-state index in [0.717, 1.165) is 29.9 Å². The highest BCUT2D eigenvalue weighted by Gasteiger charge is 2.25. The molecule has 1 amide bonds. The molecule has 6 heteroatoms. The van der Waals surface area contributed by atoms with Gasteiger partial charge >= 0.3 is 0 Å². The second-order valence-electron chi connectivity index (χ2n) is 8.14.